The number of fused-ring (bicyclic) bond motifs is 3. The number of aromatic nitrogens is 2. The Morgan fingerprint density at radius 1 is 1.36 bits per heavy atom. The van der Waals surface area contributed by atoms with Crippen LogP contribution < -0.4 is 15.2 Å². The maximum Gasteiger partial charge on any atom is 0.354 e. The van der Waals surface area contributed by atoms with E-state index in [9.17, 15) is 9.00 Å². The topological polar surface area (TPSA) is 130 Å². The first kappa shape index (κ1) is 22.3. The zero-order valence-corrected chi connectivity index (χ0v) is 19.7. The van der Waals surface area contributed by atoms with Crippen LogP contribution in [0.4, 0.5) is 10.5 Å². The summed E-state index contributed by atoms with van der Waals surface area (Å²) in [6.45, 7) is 1.30. The van der Waals surface area contributed by atoms with Gasteiger partial charge in [-0.25, -0.2) is 18.8 Å². The lowest BCUT2D eigenvalue weighted by Crippen LogP contribution is -2.32. The van der Waals surface area contributed by atoms with E-state index in [4.69, 9.17) is 19.3 Å². The fourth-order valence-corrected chi connectivity index (χ4v) is 6.18. The van der Waals surface area contributed by atoms with Crippen molar-refractivity contribution in [2.45, 2.75) is 55.6 Å². The van der Waals surface area contributed by atoms with Crippen molar-refractivity contribution >= 4 is 21.6 Å². The van der Waals surface area contributed by atoms with Crippen molar-refractivity contribution < 1.29 is 23.2 Å². The minimum atomic E-state index is -3.56. The molecule has 0 saturated carbocycles. The molecule has 2 aromatic rings. The molecule has 1 aromatic heterocycles. The molecular formula is C22H29N5O5S. The summed E-state index contributed by atoms with van der Waals surface area (Å²) in [6.07, 6.45) is 6.04. The zero-order valence-electron chi connectivity index (χ0n) is 18.8. The van der Waals surface area contributed by atoms with Crippen LogP contribution in [0.3, 0.4) is 0 Å². The van der Waals surface area contributed by atoms with Crippen molar-refractivity contribution in [1.29, 1.82) is 0 Å². The van der Waals surface area contributed by atoms with Crippen molar-refractivity contribution in [3.05, 3.63) is 34.5 Å². The Bertz CT molecular complexity index is 1220. The number of hydrogen-bond acceptors (Lipinski definition) is 6. The highest BCUT2D eigenvalue weighted by Gasteiger charge is 2.32. The minimum Gasteiger partial charge on any atom is -0.474 e. The van der Waals surface area contributed by atoms with E-state index >= 15 is 0 Å². The maximum absolute atomic E-state index is 13.3. The standard InChI is InChI=1S/C22H29N5O5S/c1-30-11-15-7-6-14-8-13-4-3-5-17(13)20(19(14)15)25-22(28)26-33(23,29)18-9-24-27-10-16(31-2)12-32-21(18)27/h8-9,15-16H,3-7,10-12H2,1-2H3,(H3,23,25,26,28,29)/t15-,16-,33-/m0/s1. The third-order valence-corrected chi connectivity index (χ3v) is 8.05. The Kier molecular flexibility index (Phi) is 5.89. The van der Waals surface area contributed by atoms with Crippen LogP contribution in [-0.4, -0.2) is 53.6 Å². The van der Waals surface area contributed by atoms with Crippen LogP contribution in [0.2, 0.25) is 0 Å². The quantitative estimate of drug-likeness (QED) is 0.683. The van der Waals surface area contributed by atoms with Gasteiger partial charge >= 0.3 is 6.03 Å². The second kappa shape index (κ2) is 8.71. The van der Waals surface area contributed by atoms with Crippen LogP contribution in [0, 0.1) is 0 Å². The number of benzene rings is 1. The molecule has 33 heavy (non-hydrogen) atoms. The highest BCUT2D eigenvalue weighted by Crippen LogP contribution is 2.44. The van der Waals surface area contributed by atoms with Gasteiger partial charge in [-0.1, -0.05) is 6.07 Å². The summed E-state index contributed by atoms with van der Waals surface area (Å²) >= 11 is 0. The smallest absolute Gasteiger partial charge is 0.354 e. The molecule has 0 saturated heterocycles. The van der Waals surface area contributed by atoms with E-state index in [2.05, 4.69) is 20.8 Å². The largest absolute Gasteiger partial charge is 0.474 e. The lowest BCUT2D eigenvalue weighted by molar-refractivity contribution is 0.0165. The van der Waals surface area contributed by atoms with Gasteiger partial charge in [-0.15, -0.1) is 4.36 Å². The molecule has 11 heteroatoms. The number of nitrogens with two attached hydrogens (primary N) is 1. The number of rotatable bonds is 5. The van der Waals surface area contributed by atoms with E-state index in [0.717, 1.165) is 48.9 Å². The van der Waals surface area contributed by atoms with Gasteiger partial charge in [-0.2, -0.15) is 5.10 Å². The maximum atomic E-state index is 13.3. The first-order valence-electron chi connectivity index (χ1n) is 11.1. The molecule has 0 spiro atoms. The van der Waals surface area contributed by atoms with Crippen molar-refractivity contribution in [3.63, 3.8) is 0 Å². The van der Waals surface area contributed by atoms with Crippen LogP contribution in [0.25, 0.3) is 0 Å². The molecule has 0 fully saturated rings. The number of nitrogens with one attached hydrogen (secondary N) is 1. The molecule has 2 heterocycles. The van der Waals surface area contributed by atoms with Crippen molar-refractivity contribution in [2.24, 2.45) is 9.50 Å². The summed E-state index contributed by atoms with van der Waals surface area (Å²) < 4.78 is 35.0. The number of aryl methyl sites for hydroxylation is 2. The van der Waals surface area contributed by atoms with Gasteiger partial charge in [0.05, 0.1) is 19.3 Å². The van der Waals surface area contributed by atoms with E-state index < -0.39 is 15.9 Å². The number of amides is 2. The number of urea groups is 1. The summed E-state index contributed by atoms with van der Waals surface area (Å²) in [7, 11) is -0.291. The van der Waals surface area contributed by atoms with E-state index in [1.165, 1.54) is 22.0 Å². The van der Waals surface area contributed by atoms with E-state index in [-0.39, 0.29) is 29.4 Å². The molecule has 3 N–H and O–H groups in total. The molecule has 10 nitrogen and oxygen atoms in total. The van der Waals surface area contributed by atoms with E-state index in [1.54, 1.807) is 14.2 Å². The number of carbonyl (C=O) groups is 1. The Morgan fingerprint density at radius 2 is 2.21 bits per heavy atom. The van der Waals surface area contributed by atoms with Gasteiger partial charge in [0.2, 0.25) is 5.88 Å². The zero-order chi connectivity index (χ0) is 23.2. The van der Waals surface area contributed by atoms with E-state index in [1.807, 2.05) is 0 Å². The Labute approximate surface area is 193 Å². The second-order valence-electron chi connectivity index (χ2n) is 8.76. The minimum absolute atomic E-state index is 0.105. The number of methoxy groups -OCH3 is 2. The lowest BCUT2D eigenvalue weighted by atomic mass is 9.94. The van der Waals surface area contributed by atoms with Crippen LogP contribution >= 0.6 is 0 Å². The first-order valence-corrected chi connectivity index (χ1v) is 12.7. The van der Waals surface area contributed by atoms with Gasteiger partial charge in [-0.3, -0.25) is 0 Å². The van der Waals surface area contributed by atoms with Crippen LogP contribution in [-0.2, 0) is 45.2 Å². The predicted octanol–water partition coefficient (Wildman–Crippen LogP) is 2.39. The molecule has 1 aromatic carbocycles. The van der Waals surface area contributed by atoms with Crippen LogP contribution in [0.15, 0.2) is 21.5 Å². The van der Waals surface area contributed by atoms with Gasteiger partial charge in [0.25, 0.3) is 0 Å². The molecule has 3 atom stereocenters. The number of carbonyl (C=O) groups excluding carboxylic acids is 1. The Morgan fingerprint density at radius 3 is 3.00 bits per heavy atom. The molecule has 5 rings (SSSR count). The summed E-state index contributed by atoms with van der Waals surface area (Å²) in [5.74, 6) is 0.465. The van der Waals surface area contributed by atoms with E-state index in [0.29, 0.717) is 13.2 Å². The third-order valence-electron chi connectivity index (χ3n) is 6.71. The molecule has 0 bridgehead atoms. The highest BCUT2D eigenvalue weighted by molar-refractivity contribution is 7.91. The average Bonchev–Trinajstić information content (AvgIpc) is 3.51. The molecule has 1 aliphatic heterocycles. The molecule has 178 valence electrons. The molecule has 2 aliphatic carbocycles. The van der Waals surface area contributed by atoms with Gasteiger partial charge in [-0.05, 0) is 54.4 Å². The van der Waals surface area contributed by atoms with Crippen molar-refractivity contribution in [1.82, 2.24) is 9.78 Å². The van der Waals surface area contributed by atoms with Gasteiger partial charge < -0.3 is 19.5 Å². The molecule has 2 amide bonds. The molecule has 3 aliphatic rings. The van der Waals surface area contributed by atoms with Gasteiger partial charge in [0, 0.05) is 25.8 Å². The first-order chi connectivity index (χ1) is 15.9. The Hall–Kier alpha value is -2.47. The number of ether oxygens (including phenoxy) is 3. The summed E-state index contributed by atoms with van der Waals surface area (Å²) in [6, 6.07) is 1.54. The lowest BCUT2D eigenvalue weighted by Gasteiger charge is -2.23. The second-order valence-corrected chi connectivity index (χ2v) is 10.5. The molecule has 0 radical (unpaired) electrons. The normalized spacial score (nSPS) is 22.6. The summed E-state index contributed by atoms with van der Waals surface area (Å²) in [5.41, 5.74) is 5.55. The Balaban J connectivity index is 1.47. The predicted molar refractivity (Wildman–Crippen MR) is 122 cm³/mol. The number of hydrogen-bond donors (Lipinski definition) is 2. The summed E-state index contributed by atoms with van der Waals surface area (Å²) in [4.78, 5) is 13.1. The van der Waals surface area contributed by atoms with Gasteiger partial charge in [0.15, 0.2) is 9.92 Å². The van der Waals surface area contributed by atoms with Crippen LogP contribution in [0.1, 0.15) is 41.0 Å². The van der Waals surface area contributed by atoms with Crippen molar-refractivity contribution in [3.8, 4) is 5.88 Å². The summed E-state index contributed by atoms with van der Waals surface area (Å²) in [5, 5.41) is 13.2. The third kappa shape index (κ3) is 4.03. The van der Waals surface area contributed by atoms with Crippen molar-refractivity contribution in [2.75, 3.05) is 32.8 Å². The number of anilines is 1. The number of nitrogens with zero attached hydrogens (tertiary/aromatic N) is 3. The fraction of sp³-hybridized carbons (Fsp3) is 0.545. The average molecular weight is 476 g/mol. The highest BCUT2D eigenvalue weighted by atomic mass is 32.2. The molecule has 0 unspecified atom stereocenters. The van der Waals surface area contributed by atoms with Crippen LogP contribution in [0.5, 0.6) is 5.88 Å². The monoisotopic (exact) mass is 475 g/mol. The van der Waals surface area contributed by atoms with Gasteiger partial charge in [0.1, 0.15) is 17.6 Å². The SMILES string of the molecule is COC[C@@H]1CCc2cc3c(c(NC(=O)N=[S@](N)(=O)c4cnn5c4OC[C@@H](OC)C5)c21)CCC3. The molecular weight excluding hydrogens is 446 g/mol. The fourth-order valence-electron chi connectivity index (χ4n) is 5.18.